The summed E-state index contributed by atoms with van der Waals surface area (Å²) < 4.78 is 40.8. The highest BCUT2D eigenvalue weighted by atomic mass is 19.4. The lowest BCUT2D eigenvalue weighted by molar-refractivity contribution is -0.158. The Kier molecular flexibility index (Phi) is 3.96. The minimum Gasteiger partial charge on any atom is -0.469 e. The molecule has 0 aromatic rings. The van der Waals surface area contributed by atoms with Crippen molar-refractivity contribution in [3.8, 4) is 0 Å². The van der Waals surface area contributed by atoms with Crippen LogP contribution in [0.2, 0.25) is 0 Å². The van der Waals surface area contributed by atoms with E-state index in [1.807, 2.05) is 0 Å². The third kappa shape index (κ3) is 4.07. The van der Waals surface area contributed by atoms with Crippen LogP contribution >= 0.6 is 0 Å². The van der Waals surface area contributed by atoms with Crippen LogP contribution in [0.15, 0.2) is 0 Å². The quantitative estimate of drug-likeness (QED) is 0.666. The van der Waals surface area contributed by atoms with Crippen molar-refractivity contribution >= 4 is 5.97 Å². The maximum absolute atomic E-state index is 12.1. The Labute approximate surface area is 86.2 Å². The van der Waals surface area contributed by atoms with Crippen LogP contribution in [0, 0.1) is 5.92 Å². The first kappa shape index (κ1) is 12.3. The van der Waals surface area contributed by atoms with E-state index in [0.717, 1.165) is 0 Å². The van der Waals surface area contributed by atoms with Gasteiger partial charge in [-0.05, 0) is 19.4 Å². The van der Waals surface area contributed by atoms with Gasteiger partial charge in [0.1, 0.15) is 0 Å². The molecule has 0 spiro atoms. The van der Waals surface area contributed by atoms with Gasteiger partial charge in [0.15, 0.2) is 0 Å². The molecule has 0 saturated carbocycles. The Hall–Kier alpha value is -0.780. The van der Waals surface area contributed by atoms with Crippen molar-refractivity contribution in [2.75, 3.05) is 26.7 Å². The van der Waals surface area contributed by atoms with Crippen LogP contribution in [0.1, 0.15) is 12.8 Å². The SMILES string of the molecule is COC(=O)[C@H]1CCCN(CC(F)(F)F)C1. The summed E-state index contributed by atoms with van der Waals surface area (Å²) in [5, 5.41) is 0. The van der Waals surface area contributed by atoms with Gasteiger partial charge in [0, 0.05) is 6.54 Å². The molecule has 1 aliphatic heterocycles. The smallest absolute Gasteiger partial charge is 0.401 e. The number of carbonyl (C=O) groups is 1. The molecule has 0 aromatic heterocycles. The lowest BCUT2D eigenvalue weighted by Gasteiger charge is -2.31. The van der Waals surface area contributed by atoms with Gasteiger partial charge in [0.2, 0.25) is 0 Å². The second kappa shape index (κ2) is 4.83. The molecule has 1 fully saturated rings. The van der Waals surface area contributed by atoms with E-state index >= 15 is 0 Å². The first-order valence-electron chi connectivity index (χ1n) is 4.79. The van der Waals surface area contributed by atoms with Crippen molar-refractivity contribution < 1.29 is 22.7 Å². The van der Waals surface area contributed by atoms with Gasteiger partial charge in [-0.3, -0.25) is 9.69 Å². The Morgan fingerprint density at radius 1 is 1.53 bits per heavy atom. The first-order chi connectivity index (χ1) is 6.92. The number of rotatable bonds is 2. The predicted molar refractivity (Wildman–Crippen MR) is 47.2 cm³/mol. The molecule has 0 unspecified atom stereocenters. The van der Waals surface area contributed by atoms with E-state index in [1.54, 1.807) is 0 Å². The first-order valence-corrected chi connectivity index (χ1v) is 4.79. The Morgan fingerprint density at radius 3 is 2.73 bits per heavy atom. The summed E-state index contributed by atoms with van der Waals surface area (Å²) in [7, 11) is 1.25. The fourth-order valence-corrected chi connectivity index (χ4v) is 1.81. The van der Waals surface area contributed by atoms with E-state index in [9.17, 15) is 18.0 Å². The van der Waals surface area contributed by atoms with Gasteiger partial charge in [-0.15, -0.1) is 0 Å². The molecule has 1 atom stereocenters. The second-order valence-corrected chi connectivity index (χ2v) is 3.71. The largest absolute Gasteiger partial charge is 0.469 e. The number of methoxy groups -OCH3 is 1. The van der Waals surface area contributed by atoms with Crippen LogP contribution in [-0.4, -0.2) is 43.8 Å². The van der Waals surface area contributed by atoms with Crippen molar-refractivity contribution in [2.45, 2.75) is 19.0 Å². The molecule has 0 bridgehead atoms. The zero-order valence-electron chi connectivity index (χ0n) is 8.51. The van der Waals surface area contributed by atoms with Crippen molar-refractivity contribution in [2.24, 2.45) is 5.92 Å². The number of piperidine rings is 1. The van der Waals surface area contributed by atoms with Gasteiger partial charge >= 0.3 is 12.1 Å². The number of halogens is 3. The number of alkyl halides is 3. The Balaban J connectivity index is 2.46. The summed E-state index contributed by atoms with van der Waals surface area (Å²) in [6, 6.07) is 0. The highest BCUT2D eigenvalue weighted by Crippen LogP contribution is 2.22. The van der Waals surface area contributed by atoms with Crippen LogP contribution in [0.25, 0.3) is 0 Å². The van der Waals surface area contributed by atoms with Gasteiger partial charge in [0.05, 0.1) is 19.6 Å². The van der Waals surface area contributed by atoms with Gasteiger partial charge in [-0.1, -0.05) is 0 Å². The van der Waals surface area contributed by atoms with Crippen molar-refractivity contribution in [3.63, 3.8) is 0 Å². The fourth-order valence-electron chi connectivity index (χ4n) is 1.81. The molecule has 3 nitrogen and oxygen atoms in total. The topological polar surface area (TPSA) is 29.5 Å². The van der Waals surface area contributed by atoms with Crippen LogP contribution in [-0.2, 0) is 9.53 Å². The molecule has 6 heteroatoms. The normalized spacial score (nSPS) is 23.9. The number of hydrogen-bond donors (Lipinski definition) is 0. The third-order valence-corrected chi connectivity index (χ3v) is 2.44. The van der Waals surface area contributed by atoms with Gasteiger partial charge in [-0.25, -0.2) is 0 Å². The molecule has 1 rings (SSSR count). The minimum absolute atomic E-state index is 0.145. The highest BCUT2D eigenvalue weighted by molar-refractivity contribution is 5.72. The maximum Gasteiger partial charge on any atom is 0.401 e. The Morgan fingerprint density at radius 2 is 2.20 bits per heavy atom. The van der Waals surface area contributed by atoms with E-state index in [0.29, 0.717) is 19.4 Å². The number of carbonyl (C=O) groups excluding carboxylic acids is 1. The van der Waals surface area contributed by atoms with Crippen LogP contribution in [0.4, 0.5) is 13.2 Å². The van der Waals surface area contributed by atoms with E-state index < -0.39 is 24.6 Å². The summed E-state index contributed by atoms with van der Waals surface area (Å²) >= 11 is 0. The molecule has 88 valence electrons. The second-order valence-electron chi connectivity index (χ2n) is 3.71. The molecule has 15 heavy (non-hydrogen) atoms. The van der Waals surface area contributed by atoms with Crippen LogP contribution in [0.5, 0.6) is 0 Å². The van der Waals surface area contributed by atoms with Gasteiger partial charge in [0.25, 0.3) is 0 Å². The summed E-state index contributed by atoms with van der Waals surface area (Å²) in [4.78, 5) is 12.4. The highest BCUT2D eigenvalue weighted by Gasteiger charge is 2.34. The number of ether oxygens (including phenoxy) is 1. The van der Waals surface area contributed by atoms with Gasteiger partial charge in [-0.2, -0.15) is 13.2 Å². The van der Waals surface area contributed by atoms with Crippen molar-refractivity contribution in [1.82, 2.24) is 4.90 Å². The lowest BCUT2D eigenvalue weighted by Crippen LogP contribution is -2.43. The average Bonchev–Trinajstić information content (AvgIpc) is 2.14. The monoisotopic (exact) mass is 225 g/mol. The zero-order chi connectivity index (χ0) is 11.5. The maximum atomic E-state index is 12.1. The summed E-state index contributed by atoms with van der Waals surface area (Å²) in [6.07, 6.45) is -2.98. The molecule has 0 aromatic carbocycles. The molecule has 1 aliphatic rings. The Bertz CT molecular complexity index is 230. The molecule has 0 radical (unpaired) electrons. The zero-order valence-corrected chi connectivity index (χ0v) is 8.51. The number of likely N-dealkylation sites (tertiary alicyclic amines) is 1. The summed E-state index contributed by atoms with van der Waals surface area (Å²) in [5.41, 5.74) is 0. The molecular weight excluding hydrogens is 211 g/mol. The average molecular weight is 225 g/mol. The summed E-state index contributed by atoms with van der Waals surface area (Å²) in [6.45, 7) is -0.403. The molecule has 0 amide bonds. The van der Waals surface area contributed by atoms with E-state index in [4.69, 9.17) is 0 Å². The molecule has 1 saturated heterocycles. The van der Waals surface area contributed by atoms with Crippen molar-refractivity contribution in [1.29, 1.82) is 0 Å². The predicted octanol–water partition coefficient (Wildman–Crippen LogP) is 1.43. The van der Waals surface area contributed by atoms with E-state index in [-0.39, 0.29) is 6.54 Å². The number of esters is 1. The third-order valence-electron chi connectivity index (χ3n) is 2.44. The van der Waals surface area contributed by atoms with Crippen LogP contribution in [0.3, 0.4) is 0 Å². The minimum atomic E-state index is -4.20. The lowest BCUT2D eigenvalue weighted by atomic mass is 9.98. The molecule has 0 N–H and O–H groups in total. The standard InChI is InChI=1S/C9H14F3NO2/c1-15-8(14)7-3-2-4-13(5-7)6-9(10,11)12/h7H,2-6H2,1H3/t7-/m0/s1. The van der Waals surface area contributed by atoms with E-state index in [2.05, 4.69) is 4.74 Å². The van der Waals surface area contributed by atoms with Crippen molar-refractivity contribution in [3.05, 3.63) is 0 Å². The number of nitrogens with zero attached hydrogens (tertiary/aromatic N) is 1. The molecule has 0 aliphatic carbocycles. The molecular formula is C9H14F3NO2. The summed E-state index contributed by atoms with van der Waals surface area (Å²) in [5.74, 6) is -0.826. The molecule has 1 heterocycles. The fraction of sp³-hybridized carbons (Fsp3) is 0.889. The van der Waals surface area contributed by atoms with Gasteiger partial charge < -0.3 is 4.74 Å². The van der Waals surface area contributed by atoms with Crippen LogP contribution < -0.4 is 0 Å². The van der Waals surface area contributed by atoms with E-state index in [1.165, 1.54) is 12.0 Å². The number of hydrogen-bond acceptors (Lipinski definition) is 3.